The van der Waals surface area contributed by atoms with Crippen LogP contribution in [0.15, 0.2) is 36.5 Å². The number of aromatic nitrogens is 3. The number of anilines is 1. The first kappa shape index (κ1) is 17.8. The average molecular weight is 389 g/mol. The SMILES string of the molecule is O=C(C(=O)N1CCN(c2cc3c(nn2)CCCC3)CC1)c1c[nH]c2ccccc12. The van der Waals surface area contributed by atoms with Gasteiger partial charge in [-0.1, -0.05) is 18.2 Å². The first-order chi connectivity index (χ1) is 14.2. The monoisotopic (exact) mass is 389 g/mol. The molecule has 3 aromatic rings. The molecule has 7 heteroatoms. The van der Waals surface area contributed by atoms with E-state index in [0.717, 1.165) is 35.3 Å². The van der Waals surface area contributed by atoms with Crippen molar-refractivity contribution in [1.82, 2.24) is 20.1 Å². The standard InChI is InChI=1S/C22H23N5O2/c28-21(17-14-23-19-8-4-2-6-16(17)19)22(29)27-11-9-26(10-12-27)20-13-15-5-1-3-7-18(15)24-25-20/h2,4,6,8,13-14,23H,1,3,5,7,9-12H2. The number of Topliss-reactive ketones (excluding diaryl/α,β-unsaturated/α-hetero) is 1. The lowest BCUT2D eigenvalue weighted by Gasteiger charge is -2.35. The van der Waals surface area contributed by atoms with Crippen molar-refractivity contribution in [2.75, 3.05) is 31.1 Å². The average Bonchev–Trinajstić information content (AvgIpc) is 3.22. The quantitative estimate of drug-likeness (QED) is 0.549. The fourth-order valence-electron chi connectivity index (χ4n) is 4.29. The van der Waals surface area contributed by atoms with Crippen molar-refractivity contribution in [2.24, 2.45) is 0 Å². The molecule has 0 bridgehead atoms. The number of para-hydroxylation sites is 1. The highest BCUT2D eigenvalue weighted by atomic mass is 16.2. The third-order valence-electron chi connectivity index (χ3n) is 5.98. The summed E-state index contributed by atoms with van der Waals surface area (Å²) in [5.41, 5.74) is 3.72. The smallest absolute Gasteiger partial charge is 0.295 e. The molecule has 3 heterocycles. The second-order valence-electron chi connectivity index (χ2n) is 7.74. The highest BCUT2D eigenvalue weighted by Crippen LogP contribution is 2.23. The van der Waals surface area contributed by atoms with E-state index in [0.29, 0.717) is 31.7 Å². The van der Waals surface area contributed by atoms with Gasteiger partial charge in [0.05, 0.1) is 11.3 Å². The second-order valence-corrected chi connectivity index (χ2v) is 7.74. The van der Waals surface area contributed by atoms with E-state index < -0.39 is 11.7 Å². The molecule has 0 atom stereocenters. The maximum Gasteiger partial charge on any atom is 0.295 e. The third-order valence-corrected chi connectivity index (χ3v) is 5.98. The van der Waals surface area contributed by atoms with E-state index in [2.05, 4.69) is 26.1 Å². The lowest BCUT2D eigenvalue weighted by atomic mass is 9.97. The van der Waals surface area contributed by atoms with Crippen molar-refractivity contribution in [1.29, 1.82) is 0 Å². The summed E-state index contributed by atoms with van der Waals surface area (Å²) in [5.74, 6) is -0.0175. The highest BCUT2D eigenvalue weighted by molar-refractivity contribution is 6.44. The van der Waals surface area contributed by atoms with Crippen molar-refractivity contribution in [3.05, 3.63) is 53.3 Å². The molecule has 0 saturated carbocycles. The Kier molecular flexibility index (Phi) is 4.50. The van der Waals surface area contributed by atoms with Gasteiger partial charge in [0.2, 0.25) is 0 Å². The van der Waals surface area contributed by atoms with Crippen molar-refractivity contribution in [3.8, 4) is 0 Å². The number of aryl methyl sites for hydroxylation is 2. The number of hydrogen-bond donors (Lipinski definition) is 1. The van der Waals surface area contributed by atoms with Crippen LogP contribution in [0, 0.1) is 0 Å². The number of aromatic amines is 1. The van der Waals surface area contributed by atoms with Crippen LogP contribution >= 0.6 is 0 Å². The zero-order chi connectivity index (χ0) is 19.8. The minimum Gasteiger partial charge on any atom is -0.360 e. The number of benzene rings is 1. The van der Waals surface area contributed by atoms with Crippen LogP contribution in [0.5, 0.6) is 0 Å². The number of amides is 1. The number of hydrogen-bond acceptors (Lipinski definition) is 5. The number of rotatable bonds is 3. The number of carbonyl (C=O) groups excluding carboxylic acids is 2. The van der Waals surface area contributed by atoms with Gasteiger partial charge in [-0.05, 0) is 43.4 Å². The molecule has 1 saturated heterocycles. The summed E-state index contributed by atoms with van der Waals surface area (Å²) in [7, 11) is 0. The maximum atomic E-state index is 12.8. The van der Waals surface area contributed by atoms with Crippen LogP contribution in [0.1, 0.15) is 34.5 Å². The van der Waals surface area contributed by atoms with Crippen LogP contribution in [0.25, 0.3) is 10.9 Å². The second kappa shape index (κ2) is 7.31. The van der Waals surface area contributed by atoms with E-state index >= 15 is 0 Å². The van der Waals surface area contributed by atoms with Gasteiger partial charge in [0.15, 0.2) is 5.82 Å². The van der Waals surface area contributed by atoms with Crippen LogP contribution in [-0.4, -0.2) is 58.0 Å². The molecule has 1 aliphatic heterocycles. The van der Waals surface area contributed by atoms with E-state index in [1.807, 2.05) is 24.3 Å². The zero-order valence-electron chi connectivity index (χ0n) is 16.2. The molecule has 0 spiro atoms. The summed E-state index contributed by atoms with van der Waals surface area (Å²) in [5, 5.41) is 9.59. The van der Waals surface area contributed by atoms with Gasteiger partial charge < -0.3 is 14.8 Å². The van der Waals surface area contributed by atoms with Crippen molar-refractivity contribution < 1.29 is 9.59 Å². The summed E-state index contributed by atoms with van der Waals surface area (Å²) in [6, 6.07) is 9.68. The largest absolute Gasteiger partial charge is 0.360 e. The number of nitrogens with zero attached hydrogens (tertiary/aromatic N) is 4. The number of ketones is 1. The normalized spacial score (nSPS) is 16.7. The Bertz CT molecular complexity index is 1080. The summed E-state index contributed by atoms with van der Waals surface area (Å²) in [6.07, 6.45) is 6.10. The first-order valence-electron chi connectivity index (χ1n) is 10.2. The molecule has 1 fully saturated rings. The number of nitrogens with one attached hydrogen (secondary N) is 1. The fraction of sp³-hybridized carbons (Fsp3) is 0.364. The van der Waals surface area contributed by atoms with Gasteiger partial charge in [-0.25, -0.2) is 0 Å². The molecular weight excluding hydrogens is 366 g/mol. The molecule has 1 amide bonds. The Labute approximate surface area is 168 Å². The van der Waals surface area contributed by atoms with Gasteiger partial charge in [0.25, 0.3) is 11.7 Å². The number of carbonyl (C=O) groups is 2. The van der Waals surface area contributed by atoms with Crippen LogP contribution in [-0.2, 0) is 17.6 Å². The molecule has 0 radical (unpaired) electrons. The number of H-pyrrole nitrogens is 1. The van der Waals surface area contributed by atoms with Gasteiger partial charge in [-0.15, -0.1) is 5.10 Å². The molecule has 2 aromatic heterocycles. The Morgan fingerprint density at radius 2 is 1.76 bits per heavy atom. The molecule has 29 heavy (non-hydrogen) atoms. The van der Waals surface area contributed by atoms with E-state index in [1.165, 1.54) is 18.4 Å². The Morgan fingerprint density at radius 1 is 0.966 bits per heavy atom. The van der Waals surface area contributed by atoms with E-state index in [1.54, 1.807) is 11.1 Å². The minimum absolute atomic E-state index is 0.439. The molecule has 1 N–H and O–H groups in total. The molecule has 2 aliphatic rings. The van der Waals surface area contributed by atoms with Crippen molar-refractivity contribution in [3.63, 3.8) is 0 Å². The van der Waals surface area contributed by atoms with Crippen molar-refractivity contribution in [2.45, 2.75) is 25.7 Å². The zero-order valence-corrected chi connectivity index (χ0v) is 16.2. The van der Waals surface area contributed by atoms with E-state index in [9.17, 15) is 9.59 Å². The summed E-state index contributed by atoms with van der Waals surface area (Å²) in [6.45, 7) is 2.32. The lowest BCUT2D eigenvalue weighted by Crippen LogP contribution is -2.51. The molecule has 1 aromatic carbocycles. The topological polar surface area (TPSA) is 82.2 Å². The predicted molar refractivity (Wildman–Crippen MR) is 110 cm³/mol. The van der Waals surface area contributed by atoms with E-state index in [-0.39, 0.29) is 0 Å². The lowest BCUT2D eigenvalue weighted by molar-refractivity contribution is -0.126. The van der Waals surface area contributed by atoms with Crippen LogP contribution in [0.2, 0.25) is 0 Å². The van der Waals surface area contributed by atoms with Crippen LogP contribution < -0.4 is 4.90 Å². The number of fused-ring (bicyclic) bond motifs is 2. The molecule has 148 valence electrons. The summed E-state index contributed by atoms with van der Waals surface area (Å²) in [4.78, 5) is 32.4. The van der Waals surface area contributed by atoms with Crippen molar-refractivity contribution >= 4 is 28.4 Å². The summed E-state index contributed by atoms with van der Waals surface area (Å²) >= 11 is 0. The molecule has 1 aliphatic carbocycles. The van der Waals surface area contributed by atoms with Crippen LogP contribution in [0.4, 0.5) is 5.82 Å². The molecular formula is C22H23N5O2. The van der Waals surface area contributed by atoms with Gasteiger partial charge in [0.1, 0.15) is 0 Å². The van der Waals surface area contributed by atoms with Crippen LogP contribution in [0.3, 0.4) is 0 Å². The number of piperazine rings is 1. The fourth-order valence-corrected chi connectivity index (χ4v) is 4.29. The Morgan fingerprint density at radius 3 is 2.62 bits per heavy atom. The van der Waals surface area contributed by atoms with Gasteiger partial charge >= 0.3 is 0 Å². The van der Waals surface area contributed by atoms with Gasteiger partial charge in [0, 0.05) is 43.3 Å². The first-order valence-corrected chi connectivity index (χ1v) is 10.2. The Balaban J connectivity index is 1.27. The van der Waals surface area contributed by atoms with Gasteiger partial charge in [-0.3, -0.25) is 9.59 Å². The maximum absolute atomic E-state index is 12.8. The van der Waals surface area contributed by atoms with Gasteiger partial charge in [-0.2, -0.15) is 5.10 Å². The highest BCUT2D eigenvalue weighted by Gasteiger charge is 2.29. The Hall–Kier alpha value is -3.22. The third kappa shape index (κ3) is 3.26. The molecule has 5 rings (SSSR count). The van der Waals surface area contributed by atoms with E-state index in [4.69, 9.17) is 0 Å². The predicted octanol–water partition coefficient (Wildman–Crippen LogP) is 2.37. The minimum atomic E-state index is -0.454. The molecule has 0 unspecified atom stereocenters. The summed E-state index contributed by atoms with van der Waals surface area (Å²) < 4.78 is 0. The molecule has 7 nitrogen and oxygen atoms in total.